The Hall–Kier alpha value is -6.84. The van der Waals surface area contributed by atoms with Gasteiger partial charge in [-0.1, -0.05) is 103 Å². The van der Waals surface area contributed by atoms with E-state index in [1.807, 2.05) is 0 Å². The maximum atomic E-state index is 2.42. The Balaban J connectivity index is 1.10. The number of benzene rings is 8. The van der Waals surface area contributed by atoms with Gasteiger partial charge in [0.2, 0.25) is 0 Å². The van der Waals surface area contributed by atoms with Crippen molar-refractivity contribution >= 4 is 65.4 Å². The van der Waals surface area contributed by atoms with Gasteiger partial charge >= 0.3 is 0 Å². The summed E-state index contributed by atoms with van der Waals surface area (Å²) in [6, 6.07) is 66.6. The first-order valence-electron chi connectivity index (χ1n) is 17.9. The van der Waals surface area contributed by atoms with Gasteiger partial charge in [-0.15, -0.1) is 0 Å². The molecule has 8 aromatic carbocycles. The lowest BCUT2D eigenvalue weighted by Gasteiger charge is -2.10. The predicted octanol–water partition coefficient (Wildman–Crippen LogP) is 12.9. The Labute approximate surface area is 300 Å². The van der Waals surface area contributed by atoms with Gasteiger partial charge in [0.15, 0.2) is 0 Å². The number of fused-ring (bicyclic) bond motifs is 9. The first-order chi connectivity index (χ1) is 25.7. The monoisotopic (exact) mass is 663 g/mol. The van der Waals surface area contributed by atoms with E-state index in [9.17, 15) is 0 Å². The highest BCUT2D eigenvalue weighted by Crippen LogP contribution is 2.40. The second-order valence-electron chi connectivity index (χ2n) is 13.9. The van der Waals surface area contributed by atoms with Crippen LogP contribution in [0.4, 0.5) is 0 Å². The molecule has 0 fully saturated rings. The molecule has 0 aliphatic rings. The summed E-state index contributed by atoms with van der Waals surface area (Å²) in [6.45, 7) is 0. The highest BCUT2D eigenvalue weighted by atomic mass is 15.0. The first-order valence-corrected chi connectivity index (χ1v) is 17.9. The lowest BCUT2D eigenvalue weighted by molar-refractivity contribution is 1.01. The molecule has 3 heteroatoms. The summed E-state index contributed by atoms with van der Waals surface area (Å²) in [7, 11) is 2.16. The van der Waals surface area contributed by atoms with Crippen LogP contribution >= 0.6 is 0 Å². The standard InChI is InChI=1S/C49H33N3/c1-50-44-18-10-8-16-38(44)41-28-32(21-25-45(41)50)33-22-27-48-43(29-33)40-24-20-35(31-49(40)52(48)37-14-6-3-7-15-37)34-23-26-47-42(30-34)39-17-9-11-19-46(39)51(47)36-12-4-2-5-13-36/h2-31H,1H3. The molecule has 3 aromatic heterocycles. The minimum atomic E-state index is 1.16. The summed E-state index contributed by atoms with van der Waals surface area (Å²) < 4.78 is 7.09. The van der Waals surface area contributed by atoms with E-state index in [1.54, 1.807) is 0 Å². The van der Waals surface area contributed by atoms with Crippen molar-refractivity contribution < 1.29 is 0 Å². The molecule has 0 aliphatic heterocycles. The van der Waals surface area contributed by atoms with E-state index in [-0.39, 0.29) is 0 Å². The molecule has 11 aromatic rings. The smallest absolute Gasteiger partial charge is 0.0547 e. The zero-order valence-electron chi connectivity index (χ0n) is 28.7. The number of para-hydroxylation sites is 4. The molecule has 0 radical (unpaired) electrons. The van der Waals surface area contributed by atoms with Crippen LogP contribution < -0.4 is 0 Å². The molecule has 0 saturated carbocycles. The number of hydrogen-bond acceptors (Lipinski definition) is 0. The molecule has 0 N–H and O–H groups in total. The molecule has 0 aliphatic carbocycles. The summed E-state index contributed by atoms with van der Waals surface area (Å²) >= 11 is 0. The maximum Gasteiger partial charge on any atom is 0.0547 e. The van der Waals surface area contributed by atoms with Crippen molar-refractivity contribution in [1.29, 1.82) is 0 Å². The van der Waals surface area contributed by atoms with Crippen molar-refractivity contribution in [3.63, 3.8) is 0 Å². The Morgan fingerprint density at radius 3 is 1.23 bits per heavy atom. The van der Waals surface area contributed by atoms with E-state index in [0.717, 1.165) is 5.69 Å². The molecule has 3 heterocycles. The summed E-state index contributed by atoms with van der Waals surface area (Å²) in [5, 5.41) is 7.60. The fraction of sp³-hybridized carbons (Fsp3) is 0.0204. The molecule has 52 heavy (non-hydrogen) atoms. The average Bonchev–Trinajstić information content (AvgIpc) is 3.82. The second kappa shape index (κ2) is 11.1. The molecule has 11 rings (SSSR count). The number of hydrogen-bond donors (Lipinski definition) is 0. The molecule has 0 unspecified atom stereocenters. The van der Waals surface area contributed by atoms with Crippen LogP contribution in [-0.4, -0.2) is 13.7 Å². The average molecular weight is 664 g/mol. The van der Waals surface area contributed by atoms with Crippen LogP contribution in [0.25, 0.3) is 99.0 Å². The number of aryl methyl sites for hydroxylation is 1. The lowest BCUT2D eigenvalue weighted by atomic mass is 9.99. The number of rotatable bonds is 4. The van der Waals surface area contributed by atoms with E-state index in [2.05, 4.69) is 203 Å². The molecular formula is C49H33N3. The zero-order valence-corrected chi connectivity index (χ0v) is 28.7. The molecular weight excluding hydrogens is 631 g/mol. The van der Waals surface area contributed by atoms with Crippen LogP contribution in [0.15, 0.2) is 182 Å². The Morgan fingerprint density at radius 2 is 0.635 bits per heavy atom. The SMILES string of the molecule is Cn1c2ccccc2c2cc(-c3ccc4c(c3)c3ccc(-c5ccc6c(c5)c5ccccc5n6-c5ccccc5)cc3n4-c3ccccc3)ccc21. The minimum Gasteiger partial charge on any atom is -0.344 e. The fourth-order valence-corrected chi connectivity index (χ4v) is 8.59. The van der Waals surface area contributed by atoms with Crippen LogP contribution in [-0.2, 0) is 7.05 Å². The minimum absolute atomic E-state index is 1.16. The highest BCUT2D eigenvalue weighted by molar-refractivity contribution is 6.14. The maximum absolute atomic E-state index is 2.42. The van der Waals surface area contributed by atoms with Gasteiger partial charge < -0.3 is 13.7 Å². The van der Waals surface area contributed by atoms with Crippen molar-refractivity contribution in [2.24, 2.45) is 7.05 Å². The normalized spacial score (nSPS) is 11.9. The largest absolute Gasteiger partial charge is 0.344 e. The van der Waals surface area contributed by atoms with Crippen molar-refractivity contribution in [3.05, 3.63) is 182 Å². The van der Waals surface area contributed by atoms with E-state index < -0.39 is 0 Å². The molecule has 0 atom stereocenters. The summed E-state index contributed by atoms with van der Waals surface area (Å²) in [5.41, 5.74) is 14.5. The van der Waals surface area contributed by atoms with Gasteiger partial charge in [0.25, 0.3) is 0 Å². The highest BCUT2D eigenvalue weighted by Gasteiger charge is 2.17. The second-order valence-corrected chi connectivity index (χ2v) is 13.9. The van der Waals surface area contributed by atoms with E-state index in [1.165, 1.54) is 93.4 Å². The van der Waals surface area contributed by atoms with Gasteiger partial charge in [0.1, 0.15) is 0 Å². The topological polar surface area (TPSA) is 14.8 Å². The zero-order chi connectivity index (χ0) is 34.3. The molecule has 3 nitrogen and oxygen atoms in total. The van der Waals surface area contributed by atoms with Crippen LogP contribution in [0, 0.1) is 0 Å². The quantitative estimate of drug-likeness (QED) is 0.178. The molecule has 244 valence electrons. The van der Waals surface area contributed by atoms with Gasteiger partial charge in [-0.25, -0.2) is 0 Å². The van der Waals surface area contributed by atoms with Crippen molar-refractivity contribution in [2.75, 3.05) is 0 Å². The molecule has 0 bridgehead atoms. The lowest BCUT2D eigenvalue weighted by Crippen LogP contribution is -1.94. The van der Waals surface area contributed by atoms with Crippen LogP contribution in [0.1, 0.15) is 0 Å². The van der Waals surface area contributed by atoms with E-state index in [4.69, 9.17) is 0 Å². The Morgan fingerprint density at radius 1 is 0.269 bits per heavy atom. The van der Waals surface area contributed by atoms with Crippen molar-refractivity contribution in [2.45, 2.75) is 0 Å². The molecule has 0 spiro atoms. The van der Waals surface area contributed by atoms with Crippen molar-refractivity contribution in [1.82, 2.24) is 13.7 Å². The van der Waals surface area contributed by atoms with Gasteiger partial charge in [-0.05, 0) is 101 Å². The molecule has 0 amide bonds. The summed E-state index contributed by atoms with van der Waals surface area (Å²) in [5.74, 6) is 0. The Bertz CT molecular complexity index is 3180. The van der Waals surface area contributed by atoms with E-state index in [0.29, 0.717) is 0 Å². The van der Waals surface area contributed by atoms with Gasteiger partial charge in [0, 0.05) is 61.8 Å². The number of nitrogens with zero attached hydrogens (tertiary/aromatic N) is 3. The van der Waals surface area contributed by atoms with Crippen LogP contribution in [0.3, 0.4) is 0 Å². The first kappa shape index (κ1) is 28.9. The summed E-state index contributed by atoms with van der Waals surface area (Å²) in [6.07, 6.45) is 0. The van der Waals surface area contributed by atoms with Crippen LogP contribution in [0.2, 0.25) is 0 Å². The fourth-order valence-electron chi connectivity index (χ4n) is 8.59. The predicted molar refractivity (Wildman–Crippen MR) is 220 cm³/mol. The third-order valence-electron chi connectivity index (χ3n) is 11.0. The third-order valence-corrected chi connectivity index (χ3v) is 11.0. The van der Waals surface area contributed by atoms with E-state index >= 15 is 0 Å². The van der Waals surface area contributed by atoms with Gasteiger partial charge in [0.05, 0.1) is 22.1 Å². The van der Waals surface area contributed by atoms with Gasteiger partial charge in [-0.2, -0.15) is 0 Å². The number of aromatic nitrogens is 3. The van der Waals surface area contributed by atoms with Gasteiger partial charge in [-0.3, -0.25) is 0 Å². The van der Waals surface area contributed by atoms with Crippen molar-refractivity contribution in [3.8, 4) is 33.6 Å². The summed E-state index contributed by atoms with van der Waals surface area (Å²) in [4.78, 5) is 0. The molecule has 0 saturated heterocycles. The van der Waals surface area contributed by atoms with Crippen LogP contribution in [0.5, 0.6) is 0 Å². The Kier molecular flexibility index (Phi) is 6.17. The third kappa shape index (κ3) is 4.20.